The van der Waals surface area contributed by atoms with Gasteiger partial charge in [-0.15, -0.1) is 0 Å². The standard InChI is InChI=1S/C23H38N2O3/c26-23-16-28-22-3-1-2-21(22)25(23)20-10-12-24(13-11-20)19-8-6-18(7-9-19)15-27-14-17-4-5-17/h17-22H,1-16H2/t18-,19+,21?,22?. The summed E-state index contributed by atoms with van der Waals surface area (Å²) in [7, 11) is 0. The van der Waals surface area contributed by atoms with Gasteiger partial charge < -0.3 is 19.3 Å². The Hall–Kier alpha value is -0.650. The number of likely N-dealkylation sites (tertiary alicyclic amines) is 1. The van der Waals surface area contributed by atoms with E-state index < -0.39 is 0 Å². The highest BCUT2D eigenvalue weighted by molar-refractivity contribution is 5.79. The lowest BCUT2D eigenvalue weighted by Crippen LogP contribution is -2.59. The molecule has 0 spiro atoms. The van der Waals surface area contributed by atoms with E-state index in [1.165, 1.54) is 58.0 Å². The minimum atomic E-state index is 0.244. The van der Waals surface area contributed by atoms with Gasteiger partial charge in [-0.25, -0.2) is 0 Å². The average Bonchev–Trinajstić information content (AvgIpc) is 3.43. The molecule has 5 aliphatic rings. The van der Waals surface area contributed by atoms with Gasteiger partial charge in [0.1, 0.15) is 6.61 Å². The molecule has 1 amide bonds. The minimum absolute atomic E-state index is 0.244. The van der Waals surface area contributed by atoms with Gasteiger partial charge in [0.2, 0.25) is 5.91 Å². The van der Waals surface area contributed by atoms with Crippen molar-refractivity contribution in [3.63, 3.8) is 0 Å². The van der Waals surface area contributed by atoms with Crippen molar-refractivity contribution in [3.05, 3.63) is 0 Å². The SMILES string of the molecule is O=C1COC2CCCC2N1C1CCN([C@H]2CC[C@@H](COCC3CC3)CC2)CC1. The number of ether oxygens (including phenoxy) is 2. The van der Waals surface area contributed by atoms with Crippen LogP contribution in [-0.4, -0.2) is 72.8 Å². The van der Waals surface area contributed by atoms with Crippen LogP contribution < -0.4 is 0 Å². The number of amides is 1. The zero-order valence-electron chi connectivity index (χ0n) is 17.4. The molecular weight excluding hydrogens is 352 g/mol. The second kappa shape index (κ2) is 8.61. The molecule has 2 atom stereocenters. The summed E-state index contributed by atoms with van der Waals surface area (Å²) in [6.07, 6.45) is 14.2. The number of hydrogen-bond donors (Lipinski definition) is 0. The van der Waals surface area contributed by atoms with Gasteiger partial charge in [-0.1, -0.05) is 0 Å². The Bertz CT molecular complexity index is 536. The van der Waals surface area contributed by atoms with Crippen LogP contribution in [0.15, 0.2) is 0 Å². The summed E-state index contributed by atoms with van der Waals surface area (Å²) in [6, 6.07) is 1.58. The highest BCUT2D eigenvalue weighted by Crippen LogP contribution is 2.35. The van der Waals surface area contributed by atoms with E-state index in [0.717, 1.165) is 56.8 Å². The molecule has 5 nitrogen and oxygen atoms in total. The second-order valence-corrected chi connectivity index (χ2v) is 10.1. The molecule has 0 radical (unpaired) electrons. The number of nitrogens with zero attached hydrogens (tertiary/aromatic N) is 2. The van der Waals surface area contributed by atoms with Crippen molar-refractivity contribution in [2.45, 2.75) is 94.9 Å². The Morgan fingerprint density at radius 1 is 0.821 bits per heavy atom. The Labute approximate surface area is 170 Å². The first-order valence-corrected chi connectivity index (χ1v) is 12.0. The molecule has 3 saturated carbocycles. The molecule has 0 bridgehead atoms. The predicted octanol–water partition coefficient (Wildman–Crippen LogP) is 3.22. The monoisotopic (exact) mass is 390 g/mol. The molecule has 0 N–H and O–H groups in total. The van der Waals surface area contributed by atoms with E-state index in [4.69, 9.17) is 9.47 Å². The van der Waals surface area contributed by atoms with E-state index in [9.17, 15) is 4.79 Å². The zero-order chi connectivity index (χ0) is 18.9. The molecule has 158 valence electrons. The van der Waals surface area contributed by atoms with Crippen LogP contribution >= 0.6 is 0 Å². The van der Waals surface area contributed by atoms with Crippen molar-refractivity contribution in [2.24, 2.45) is 11.8 Å². The Morgan fingerprint density at radius 2 is 1.50 bits per heavy atom. The van der Waals surface area contributed by atoms with Crippen LogP contribution in [0.5, 0.6) is 0 Å². The molecule has 0 aromatic rings. The summed E-state index contributed by atoms with van der Waals surface area (Å²) in [4.78, 5) is 17.6. The van der Waals surface area contributed by atoms with Gasteiger partial charge >= 0.3 is 0 Å². The van der Waals surface area contributed by atoms with Crippen molar-refractivity contribution in [3.8, 4) is 0 Å². The topological polar surface area (TPSA) is 42.0 Å². The van der Waals surface area contributed by atoms with Crippen molar-refractivity contribution in [2.75, 3.05) is 32.9 Å². The first-order valence-electron chi connectivity index (χ1n) is 12.0. The Kier molecular flexibility index (Phi) is 5.94. The molecule has 28 heavy (non-hydrogen) atoms. The smallest absolute Gasteiger partial charge is 0.249 e. The minimum Gasteiger partial charge on any atom is -0.381 e. The maximum absolute atomic E-state index is 12.6. The maximum atomic E-state index is 12.6. The fourth-order valence-electron chi connectivity index (χ4n) is 6.22. The number of piperidine rings is 1. The number of fused-ring (bicyclic) bond motifs is 1. The predicted molar refractivity (Wildman–Crippen MR) is 108 cm³/mol. The third-order valence-corrected chi connectivity index (χ3v) is 8.11. The highest BCUT2D eigenvalue weighted by Gasteiger charge is 2.43. The van der Waals surface area contributed by atoms with Gasteiger partial charge in [-0.3, -0.25) is 4.79 Å². The van der Waals surface area contributed by atoms with Gasteiger partial charge in [-0.2, -0.15) is 0 Å². The number of morpholine rings is 1. The van der Waals surface area contributed by atoms with E-state index >= 15 is 0 Å². The summed E-state index contributed by atoms with van der Waals surface area (Å²) in [5.74, 6) is 1.92. The lowest BCUT2D eigenvalue weighted by Gasteiger charge is -2.47. The number of carbonyl (C=O) groups is 1. The molecule has 2 heterocycles. The fourth-order valence-corrected chi connectivity index (χ4v) is 6.22. The lowest BCUT2D eigenvalue weighted by molar-refractivity contribution is -0.160. The normalized spacial score (nSPS) is 38.0. The third kappa shape index (κ3) is 4.27. The van der Waals surface area contributed by atoms with Crippen LogP contribution in [0.3, 0.4) is 0 Å². The molecule has 0 aromatic carbocycles. The molecule has 5 rings (SSSR count). The van der Waals surface area contributed by atoms with Crippen LogP contribution in [0.2, 0.25) is 0 Å². The first kappa shape index (κ1) is 19.3. The molecule has 5 fully saturated rings. The zero-order valence-corrected chi connectivity index (χ0v) is 17.4. The van der Waals surface area contributed by atoms with Crippen LogP contribution in [0.1, 0.15) is 70.6 Å². The quantitative estimate of drug-likeness (QED) is 0.698. The highest BCUT2D eigenvalue weighted by atomic mass is 16.5. The summed E-state index contributed by atoms with van der Waals surface area (Å²) in [5.41, 5.74) is 0. The van der Waals surface area contributed by atoms with E-state index in [1.54, 1.807) is 0 Å². The van der Waals surface area contributed by atoms with Gasteiger partial charge in [-0.05, 0) is 82.5 Å². The van der Waals surface area contributed by atoms with Gasteiger partial charge in [0, 0.05) is 38.4 Å². The first-order chi connectivity index (χ1) is 13.8. The molecule has 0 aromatic heterocycles. The average molecular weight is 391 g/mol. The van der Waals surface area contributed by atoms with Crippen molar-refractivity contribution in [1.82, 2.24) is 9.80 Å². The van der Waals surface area contributed by atoms with E-state index in [0.29, 0.717) is 24.8 Å². The summed E-state index contributed by atoms with van der Waals surface area (Å²) < 4.78 is 11.7. The van der Waals surface area contributed by atoms with Crippen LogP contribution in [0, 0.1) is 11.8 Å². The number of carbonyl (C=O) groups excluding carboxylic acids is 1. The van der Waals surface area contributed by atoms with Gasteiger partial charge in [0.05, 0.1) is 12.1 Å². The Balaban J connectivity index is 1.06. The molecule has 5 heteroatoms. The van der Waals surface area contributed by atoms with Crippen molar-refractivity contribution < 1.29 is 14.3 Å². The van der Waals surface area contributed by atoms with Gasteiger partial charge in [0.15, 0.2) is 0 Å². The van der Waals surface area contributed by atoms with Crippen molar-refractivity contribution >= 4 is 5.91 Å². The van der Waals surface area contributed by atoms with Crippen LogP contribution in [-0.2, 0) is 14.3 Å². The molecule has 2 saturated heterocycles. The fraction of sp³-hybridized carbons (Fsp3) is 0.957. The van der Waals surface area contributed by atoms with E-state index in [-0.39, 0.29) is 5.91 Å². The lowest BCUT2D eigenvalue weighted by atomic mass is 9.84. The summed E-state index contributed by atoms with van der Waals surface area (Å²) >= 11 is 0. The van der Waals surface area contributed by atoms with E-state index in [2.05, 4.69) is 9.80 Å². The molecule has 2 unspecified atom stereocenters. The third-order valence-electron chi connectivity index (χ3n) is 8.11. The molecule has 2 aliphatic heterocycles. The molecule has 3 aliphatic carbocycles. The van der Waals surface area contributed by atoms with Crippen LogP contribution in [0.4, 0.5) is 0 Å². The van der Waals surface area contributed by atoms with E-state index in [1.807, 2.05) is 0 Å². The second-order valence-electron chi connectivity index (χ2n) is 10.1. The summed E-state index contributed by atoms with van der Waals surface area (Å²) in [5, 5.41) is 0. The van der Waals surface area contributed by atoms with Crippen LogP contribution in [0.25, 0.3) is 0 Å². The number of rotatable bonds is 6. The Morgan fingerprint density at radius 3 is 2.18 bits per heavy atom. The molecular formula is C23H38N2O3. The van der Waals surface area contributed by atoms with Gasteiger partial charge in [0.25, 0.3) is 0 Å². The summed E-state index contributed by atoms with van der Waals surface area (Å²) in [6.45, 7) is 4.65. The van der Waals surface area contributed by atoms with Crippen molar-refractivity contribution in [1.29, 1.82) is 0 Å². The maximum Gasteiger partial charge on any atom is 0.249 e. The number of hydrogen-bond acceptors (Lipinski definition) is 4. The largest absolute Gasteiger partial charge is 0.381 e.